The molecule has 0 fully saturated rings. The first-order chi connectivity index (χ1) is 11.3. The van der Waals surface area contributed by atoms with Gasteiger partial charge in [0.15, 0.2) is 0 Å². The number of benzene rings is 2. The largest absolute Gasteiger partial charge is 0.296 e. The Morgan fingerprint density at radius 1 is 0.783 bits per heavy atom. The van der Waals surface area contributed by atoms with Crippen LogP contribution in [0.4, 0.5) is 0 Å². The summed E-state index contributed by atoms with van der Waals surface area (Å²) in [7, 11) is 3.79. The van der Waals surface area contributed by atoms with E-state index in [1.807, 2.05) is 14.1 Å². The highest BCUT2D eigenvalue weighted by atomic mass is 14.8. The van der Waals surface area contributed by atoms with Crippen molar-refractivity contribution in [1.29, 1.82) is 0 Å². The second-order valence-electron chi connectivity index (χ2n) is 6.10. The third-order valence-electron chi connectivity index (χ3n) is 5.05. The minimum Gasteiger partial charge on any atom is -0.296 e. The highest BCUT2D eigenvalue weighted by Gasteiger charge is 2.38. The van der Waals surface area contributed by atoms with E-state index in [1.54, 1.807) is 0 Å². The van der Waals surface area contributed by atoms with Crippen molar-refractivity contribution in [3.63, 3.8) is 0 Å². The summed E-state index contributed by atoms with van der Waals surface area (Å²) in [5.41, 5.74) is 7.87. The maximum absolute atomic E-state index is 4.60. The maximum Gasteiger partial charge on any atom is 0.0500 e. The van der Waals surface area contributed by atoms with Gasteiger partial charge in [0.2, 0.25) is 0 Å². The summed E-state index contributed by atoms with van der Waals surface area (Å²) in [6.45, 7) is 0. The van der Waals surface area contributed by atoms with Crippen molar-refractivity contribution in [2.75, 3.05) is 14.1 Å². The molecule has 1 atom stereocenters. The van der Waals surface area contributed by atoms with Gasteiger partial charge in [0.05, 0.1) is 5.92 Å². The summed E-state index contributed by atoms with van der Waals surface area (Å²) in [6.07, 6.45) is 5.26. The van der Waals surface area contributed by atoms with E-state index >= 15 is 0 Å². The summed E-state index contributed by atoms with van der Waals surface area (Å²) in [6, 6.07) is 17.5. The van der Waals surface area contributed by atoms with E-state index in [0.717, 1.165) is 12.1 Å². The smallest absolute Gasteiger partial charge is 0.0500 e. The molecule has 0 spiro atoms. The number of allylic oxidation sites excluding steroid dienone is 2. The molecular formula is C21H20N2. The van der Waals surface area contributed by atoms with Crippen molar-refractivity contribution in [3.8, 4) is 11.1 Å². The zero-order valence-corrected chi connectivity index (χ0v) is 13.5. The molecule has 2 heteroatoms. The lowest BCUT2D eigenvalue weighted by Crippen LogP contribution is -2.31. The van der Waals surface area contributed by atoms with Gasteiger partial charge in [0, 0.05) is 37.9 Å². The number of fused-ring (bicyclic) bond motifs is 3. The first-order valence-electron chi connectivity index (χ1n) is 8.12. The van der Waals surface area contributed by atoms with Crippen LogP contribution in [0.25, 0.3) is 11.1 Å². The van der Waals surface area contributed by atoms with Gasteiger partial charge in [-0.15, -0.1) is 0 Å². The van der Waals surface area contributed by atoms with Gasteiger partial charge in [-0.1, -0.05) is 54.6 Å². The van der Waals surface area contributed by atoms with E-state index in [-0.39, 0.29) is 5.92 Å². The van der Waals surface area contributed by atoms with Crippen LogP contribution in [0, 0.1) is 5.92 Å². The molecule has 2 aromatic rings. The zero-order chi connectivity index (χ0) is 15.8. The molecule has 0 N–H and O–H groups in total. The van der Waals surface area contributed by atoms with E-state index < -0.39 is 0 Å². The predicted octanol–water partition coefficient (Wildman–Crippen LogP) is 4.52. The molecule has 0 saturated carbocycles. The Morgan fingerprint density at radius 2 is 1.39 bits per heavy atom. The summed E-state index contributed by atoms with van der Waals surface area (Å²) < 4.78 is 0. The highest BCUT2D eigenvalue weighted by molar-refractivity contribution is 6.16. The second kappa shape index (κ2) is 5.62. The normalized spacial score (nSPS) is 23.3. The standard InChI is InChI=1S/C21H20N2/c1-22-18-12-7-13-19(23-2)21(18)20-16-10-5-3-8-14(16)15-9-4-6-11-17(15)20/h3-12,20-21H,13H2,1-2H3. The lowest BCUT2D eigenvalue weighted by Gasteiger charge is -2.29. The van der Waals surface area contributed by atoms with Crippen LogP contribution in [0.5, 0.6) is 0 Å². The van der Waals surface area contributed by atoms with Crippen molar-refractivity contribution < 1.29 is 0 Å². The molecule has 0 radical (unpaired) electrons. The molecule has 2 nitrogen and oxygen atoms in total. The van der Waals surface area contributed by atoms with Gasteiger partial charge in [-0.3, -0.25) is 9.98 Å². The Labute approximate surface area is 137 Å². The number of aliphatic imine (C=N–C) groups is 2. The number of nitrogens with zero attached hydrogens (tertiary/aromatic N) is 2. The summed E-state index contributed by atoms with van der Waals surface area (Å²) in [5, 5.41) is 0. The van der Waals surface area contributed by atoms with Crippen molar-refractivity contribution in [1.82, 2.24) is 0 Å². The number of hydrogen-bond acceptors (Lipinski definition) is 2. The zero-order valence-electron chi connectivity index (χ0n) is 13.5. The Kier molecular flexibility index (Phi) is 3.45. The summed E-state index contributed by atoms with van der Waals surface area (Å²) >= 11 is 0. The average molecular weight is 300 g/mol. The van der Waals surface area contributed by atoms with Crippen molar-refractivity contribution >= 4 is 11.4 Å². The monoisotopic (exact) mass is 300 g/mol. The molecule has 0 saturated heterocycles. The van der Waals surface area contributed by atoms with Crippen molar-refractivity contribution in [3.05, 3.63) is 71.8 Å². The number of hydrogen-bond donors (Lipinski definition) is 0. The minimum atomic E-state index is 0.236. The van der Waals surface area contributed by atoms with Crippen molar-refractivity contribution in [2.24, 2.45) is 15.9 Å². The molecule has 0 amide bonds. The minimum absolute atomic E-state index is 0.236. The topological polar surface area (TPSA) is 24.7 Å². The summed E-state index contributed by atoms with van der Waals surface area (Å²) in [5.74, 6) is 0.546. The first kappa shape index (κ1) is 14.1. The SMILES string of the molecule is CN=C1C=CCC(=NC)C1C1c2ccccc2-c2ccccc21. The molecule has 0 heterocycles. The molecule has 0 aromatic heterocycles. The quantitative estimate of drug-likeness (QED) is 0.740. The molecule has 2 aliphatic rings. The molecule has 0 bridgehead atoms. The van der Waals surface area contributed by atoms with E-state index in [2.05, 4.69) is 70.7 Å². The third kappa shape index (κ3) is 2.09. The number of rotatable bonds is 1. The fourth-order valence-electron chi connectivity index (χ4n) is 4.06. The van der Waals surface area contributed by atoms with Crippen LogP contribution in [0.2, 0.25) is 0 Å². The Bertz CT molecular complexity index is 797. The molecule has 114 valence electrons. The molecule has 2 aliphatic carbocycles. The van der Waals surface area contributed by atoms with Gasteiger partial charge in [0.1, 0.15) is 0 Å². The van der Waals surface area contributed by atoms with Crippen LogP contribution in [0.15, 0.2) is 70.7 Å². The molecular weight excluding hydrogens is 280 g/mol. The Balaban J connectivity index is 1.96. The van der Waals surface area contributed by atoms with E-state index in [4.69, 9.17) is 0 Å². The fourth-order valence-corrected chi connectivity index (χ4v) is 4.06. The van der Waals surface area contributed by atoms with Crippen molar-refractivity contribution in [2.45, 2.75) is 12.3 Å². The average Bonchev–Trinajstić information content (AvgIpc) is 2.95. The van der Waals surface area contributed by atoms with Crippen LogP contribution in [0.1, 0.15) is 23.5 Å². The molecule has 0 aliphatic heterocycles. The van der Waals surface area contributed by atoms with Crippen LogP contribution in [-0.2, 0) is 0 Å². The molecule has 2 aromatic carbocycles. The predicted molar refractivity (Wildman–Crippen MR) is 97.7 cm³/mol. The van der Waals surface area contributed by atoms with Gasteiger partial charge < -0.3 is 0 Å². The van der Waals surface area contributed by atoms with Crippen LogP contribution in [0.3, 0.4) is 0 Å². The third-order valence-corrected chi connectivity index (χ3v) is 5.05. The lowest BCUT2D eigenvalue weighted by atomic mass is 9.75. The van der Waals surface area contributed by atoms with Gasteiger partial charge in [-0.05, 0) is 28.3 Å². The van der Waals surface area contributed by atoms with Gasteiger partial charge >= 0.3 is 0 Å². The van der Waals surface area contributed by atoms with E-state index in [0.29, 0.717) is 5.92 Å². The van der Waals surface area contributed by atoms with Gasteiger partial charge in [0.25, 0.3) is 0 Å². The Morgan fingerprint density at radius 3 is 1.96 bits per heavy atom. The maximum atomic E-state index is 4.60. The van der Waals surface area contributed by atoms with E-state index in [1.165, 1.54) is 28.0 Å². The van der Waals surface area contributed by atoms with Crippen LogP contribution in [-0.4, -0.2) is 25.5 Å². The van der Waals surface area contributed by atoms with Crippen LogP contribution < -0.4 is 0 Å². The summed E-state index contributed by atoms with van der Waals surface area (Å²) in [4.78, 5) is 9.17. The lowest BCUT2D eigenvalue weighted by molar-refractivity contribution is 0.756. The van der Waals surface area contributed by atoms with E-state index in [9.17, 15) is 0 Å². The Hall–Kier alpha value is -2.48. The molecule has 1 unspecified atom stereocenters. The van der Waals surface area contributed by atoms with Gasteiger partial charge in [-0.25, -0.2) is 0 Å². The fraction of sp³-hybridized carbons (Fsp3) is 0.238. The first-order valence-corrected chi connectivity index (χ1v) is 8.12. The molecule has 4 rings (SSSR count). The second-order valence-corrected chi connectivity index (χ2v) is 6.10. The van der Waals surface area contributed by atoms with Crippen LogP contribution >= 0.6 is 0 Å². The van der Waals surface area contributed by atoms with Gasteiger partial charge in [-0.2, -0.15) is 0 Å². The highest BCUT2D eigenvalue weighted by Crippen LogP contribution is 2.49. The molecule has 23 heavy (non-hydrogen) atoms.